The van der Waals surface area contributed by atoms with Crippen molar-refractivity contribution in [2.75, 3.05) is 26.8 Å². The van der Waals surface area contributed by atoms with E-state index in [-0.39, 0.29) is 6.54 Å². The molecule has 0 aliphatic heterocycles. The van der Waals surface area contributed by atoms with E-state index >= 15 is 0 Å². The van der Waals surface area contributed by atoms with Gasteiger partial charge in [-0.05, 0) is 18.8 Å². The molecule has 2 unspecified atom stereocenters. The summed E-state index contributed by atoms with van der Waals surface area (Å²) < 4.78 is 5.01. The Balaban J connectivity index is 2.49. The quantitative estimate of drug-likeness (QED) is 0.723. The van der Waals surface area contributed by atoms with Gasteiger partial charge in [-0.25, -0.2) is 0 Å². The van der Waals surface area contributed by atoms with Crippen LogP contribution in [0.2, 0.25) is 0 Å². The number of nitrogens with zero attached hydrogens (tertiary/aromatic N) is 1. The van der Waals surface area contributed by atoms with Crippen molar-refractivity contribution in [1.82, 2.24) is 4.90 Å². The summed E-state index contributed by atoms with van der Waals surface area (Å²) in [6.07, 6.45) is 3.56. The Hall–Kier alpha value is -0.610. The molecule has 4 nitrogen and oxygen atoms in total. The summed E-state index contributed by atoms with van der Waals surface area (Å²) in [6.45, 7) is 3.67. The number of hydrogen-bond acceptors (Lipinski definition) is 3. The lowest BCUT2D eigenvalue weighted by molar-refractivity contribution is -0.139. The molecule has 15 heavy (non-hydrogen) atoms. The van der Waals surface area contributed by atoms with Crippen molar-refractivity contribution in [3.8, 4) is 0 Å². The maximum atomic E-state index is 10.8. The molecule has 4 heteroatoms. The molecule has 0 aromatic carbocycles. The molecule has 0 radical (unpaired) electrons. The molecular weight excluding hydrogens is 194 g/mol. The van der Waals surface area contributed by atoms with Gasteiger partial charge in [0.2, 0.25) is 0 Å². The van der Waals surface area contributed by atoms with Gasteiger partial charge in [0, 0.05) is 19.7 Å². The van der Waals surface area contributed by atoms with Crippen LogP contribution in [0.3, 0.4) is 0 Å². The van der Waals surface area contributed by atoms with E-state index in [9.17, 15) is 4.79 Å². The van der Waals surface area contributed by atoms with Crippen LogP contribution in [0.25, 0.3) is 0 Å². The predicted molar refractivity (Wildman–Crippen MR) is 57.9 cm³/mol. The van der Waals surface area contributed by atoms with Crippen molar-refractivity contribution in [3.05, 3.63) is 0 Å². The second-order valence-electron chi connectivity index (χ2n) is 4.33. The van der Waals surface area contributed by atoms with Crippen LogP contribution in [0.1, 0.15) is 26.2 Å². The Morgan fingerprint density at radius 2 is 2.27 bits per heavy atom. The molecule has 1 fully saturated rings. The van der Waals surface area contributed by atoms with Crippen LogP contribution in [-0.4, -0.2) is 48.8 Å². The van der Waals surface area contributed by atoms with E-state index in [1.54, 1.807) is 7.11 Å². The van der Waals surface area contributed by atoms with Crippen molar-refractivity contribution in [2.45, 2.75) is 32.2 Å². The smallest absolute Gasteiger partial charge is 0.317 e. The van der Waals surface area contributed by atoms with Gasteiger partial charge in [-0.15, -0.1) is 0 Å². The molecule has 1 rings (SSSR count). The average molecular weight is 215 g/mol. The summed E-state index contributed by atoms with van der Waals surface area (Å²) in [5.41, 5.74) is 0. The van der Waals surface area contributed by atoms with E-state index in [0.717, 1.165) is 13.0 Å². The molecule has 1 aliphatic carbocycles. The van der Waals surface area contributed by atoms with Gasteiger partial charge in [0.15, 0.2) is 0 Å². The minimum absolute atomic E-state index is 0.137. The van der Waals surface area contributed by atoms with Gasteiger partial charge >= 0.3 is 5.97 Å². The summed E-state index contributed by atoms with van der Waals surface area (Å²) in [5.74, 6) is -0.133. The SMILES string of the molecule is COCCN(CC(=O)O)C1CCCC1C. The lowest BCUT2D eigenvalue weighted by Crippen LogP contribution is -2.42. The van der Waals surface area contributed by atoms with E-state index < -0.39 is 5.97 Å². The minimum Gasteiger partial charge on any atom is -0.480 e. The monoisotopic (exact) mass is 215 g/mol. The Morgan fingerprint density at radius 3 is 2.73 bits per heavy atom. The zero-order chi connectivity index (χ0) is 11.3. The molecule has 0 saturated heterocycles. The second kappa shape index (κ2) is 6.08. The molecule has 1 saturated carbocycles. The Labute approximate surface area is 91.2 Å². The molecule has 88 valence electrons. The molecule has 1 N–H and O–H groups in total. The Kier molecular flexibility index (Phi) is 5.05. The van der Waals surface area contributed by atoms with Crippen LogP contribution in [0.15, 0.2) is 0 Å². The minimum atomic E-state index is -0.745. The Bertz CT molecular complexity index is 208. The number of hydrogen-bond donors (Lipinski definition) is 1. The third-order valence-corrected chi connectivity index (χ3v) is 3.21. The maximum Gasteiger partial charge on any atom is 0.317 e. The van der Waals surface area contributed by atoms with E-state index in [4.69, 9.17) is 9.84 Å². The highest BCUT2D eigenvalue weighted by molar-refractivity contribution is 5.69. The van der Waals surface area contributed by atoms with Crippen LogP contribution in [0, 0.1) is 5.92 Å². The highest BCUT2D eigenvalue weighted by Crippen LogP contribution is 2.29. The first-order valence-electron chi connectivity index (χ1n) is 5.60. The van der Waals surface area contributed by atoms with E-state index in [1.807, 2.05) is 4.90 Å². The standard InChI is InChI=1S/C11H21NO3/c1-9-4-3-5-10(9)12(6-7-15-2)8-11(13)14/h9-10H,3-8H2,1-2H3,(H,13,14). The first kappa shape index (κ1) is 12.5. The van der Waals surface area contributed by atoms with Crippen LogP contribution >= 0.6 is 0 Å². The van der Waals surface area contributed by atoms with E-state index in [2.05, 4.69) is 6.92 Å². The molecule has 0 amide bonds. The molecular formula is C11H21NO3. The van der Waals surface area contributed by atoms with Gasteiger partial charge in [-0.3, -0.25) is 9.69 Å². The number of rotatable bonds is 6. The summed E-state index contributed by atoms with van der Waals surface area (Å²) in [5, 5.41) is 8.85. The van der Waals surface area contributed by atoms with Gasteiger partial charge in [0.1, 0.15) is 0 Å². The molecule has 0 bridgehead atoms. The Morgan fingerprint density at radius 1 is 1.53 bits per heavy atom. The van der Waals surface area contributed by atoms with Crippen molar-refractivity contribution in [1.29, 1.82) is 0 Å². The number of ether oxygens (including phenoxy) is 1. The van der Waals surface area contributed by atoms with Crippen LogP contribution in [0.5, 0.6) is 0 Å². The predicted octanol–water partition coefficient (Wildman–Crippen LogP) is 1.21. The second-order valence-corrected chi connectivity index (χ2v) is 4.33. The summed E-state index contributed by atoms with van der Waals surface area (Å²) in [6, 6.07) is 0.427. The van der Waals surface area contributed by atoms with Gasteiger partial charge in [-0.1, -0.05) is 13.3 Å². The lowest BCUT2D eigenvalue weighted by atomic mass is 10.0. The maximum absolute atomic E-state index is 10.8. The third kappa shape index (κ3) is 3.80. The normalized spacial score (nSPS) is 26.1. The van der Waals surface area contributed by atoms with E-state index in [0.29, 0.717) is 18.6 Å². The fourth-order valence-electron chi connectivity index (χ4n) is 2.41. The van der Waals surface area contributed by atoms with E-state index in [1.165, 1.54) is 12.8 Å². The number of carboxylic acid groups (broad SMARTS) is 1. The first-order chi connectivity index (χ1) is 7.15. The third-order valence-electron chi connectivity index (χ3n) is 3.21. The zero-order valence-electron chi connectivity index (χ0n) is 9.61. The summed E-state index contributed by atoms with van der Waals surface area (Å²) >= 11 is 0. The highest BCUT2D eigenvalue weighted by atomic mass is 16.5. The number of carboxylic acids is 1. The highest BCUT2D eigenvalue weighted by Gasteiger charge is 2.29. The van der Waals surface area contributed by atoms with Gasteiger partial charge < -0.3 is 9.84 Å². The first-order valence-corrected chi connectivity index (χ1v) is 5.60. The number of carbonyl (C=O) groups is 1. The lowest BCUT2D eigenvalue weighted by Gasteiger charge is -2.30. The molecule has 0 aromatic rings. The molecule has 0 spiro atoms. The van der Waals surface area contributed by atoms with Crippen LogP contribution < -0.4 is 0 Å². The van der Waals surface area contributed by atoms with Crippen molar-refractivity contribution < 1.29 is 14.6 Å². The summed E-state index contributed by atoms with van der Waals surface area (Å²) in [4.78, 5) is 12.8. The van der Waals surface area contributed by atoms with Crippen LogP contribution in [0.4, 0.5) is 0 Å². The van der Waals surface area contributed by atoms with Crippen LogP contribution in [-0.2, 0) is 9.53 Å². The fourth-order valence-corrected chi connectivity index (χ4v) is 2.41. The van der Waals surface area contributed by atoms with Crippen molar-refractivity contribution >= 4 is 5.97 Å². The molecule has 0 heterocycles. The topological polar surface area (TPSA) is 49.8 Å². The molecule has 2 atom stereocenters. The number of aliphatic carboxylic acids is 1. The fraction of sp³-hybridized carbons (Fsp3) is 0.909. The summed E-state index contributed by atoms with van der Waals surface area (Å²) in [7, 11) is 1.65. The van der Waals surface area contributed by atoms with Gasteiger partial charge in [0.25, 0.3) is 0 Å². The van der Waals surface area contributed by atoms with Gasteiger partial charge in [0.05, 0.1) is 13.2 Å². The van der Waals surface area contributed by atoms with Gasteiger partial charge in [-0.2, -0.15) is 0 Å². The van der Waals surface area contributed by atoms with Crippen molar-refractivity contribution in [3.63, 3.8) is 0 Å². The zero-order valence-corrected chi connectivity index (χ0v) is 9.61. The number of methoxy groups -OCH3 is 1. The molecule has 1 aliphatic rings. The van der Waals surface area contributed by atoms with Crippen molar-refractivity contribution in [2.24, 2.45) is 5.92 Å². The largest absolute Gasteiger partial charge is 0.480 e. The average Bonchev–Trinajstić information content (AvgIpc) is 2.58. The molecule has 0 aromatic heterocycles.